The molecule has 0 spiro atoms. The summed E-state index contributed by atoms with van der Waals surface area (Å²) in [5.41, 5.74) is -0.562. The van der Waals surface area contributed by atoms with Gasteiger partial charge in [0.25, 0.3) is 5.56 Å². The summed E-state index contributed by atoms with van der Waals surface area (Å²) < 4.78 is 1.58. The lowest BCUT2D eigenvalue weighted by Gasteiger charge is -2.23. The van der Waals surface area contributed by atoms with Gasteiger partial charge >= 0.3 is 0 Å². The van der Waals surface area contributed by atoms with Crippen molar-refractivity contribution < 1.29 is 4.79 Å². The predicted octanol–water partition coefficient (Wildman–Crippen LogP) is 0.545. The van der Waals surface area contributed by atoms with Crippen LogP contribution in [-0.2, 0) is 10.3 Å². The molecule has 0 saturated heterocycles. The minimum absolute atomic E-state index is 0.184. The van der Waals surface area contributed by atoms with E-state index in [1.807, 2.05) is 20.8 Å². The quantitative estimate of drug-likeness (QED) is 0.823. The van der Waals surface area contributed by atoms with Crippen LogP contribution in [0.1, 0.15) is 27.7 Å². The average Bonchev–Trinajstić information content (AvgIpc) is 2.29. The van der Waals surface area contributed by atoms with Gasteiger partial charge in [0.15, 0.2) is 5.82 Å². The summed E-state index contributed by atoms with van der Waals surface area (Å²) in [5, 5.41) is 5.33. The Hall–Kier alpha value is -1.85. The summed E-state index contributed by atoms with van der Waals surface area (Å²) in [6.45, 7) is 7.47. The molecule has 0 aliphatic rings. The van der Waals surface area contributed by atoms with Crippen molar-refractivity contribution in [2.75, 3.05) is 12.4 Å². The summed E-state index contributed by atoms with van der Waals surface area (Å²) >= 11 is 0. The highest BCUT2D eigenvalue weighted by molar-refractivity contribution is 5.83. The zero-order valence-electron chi connectivity index (χ0n) is 11.4. The number of anilines is 1. The molecule has 0 aliphatic carbocycles. The maximum Gasteiger partial charge on any atom is 0.293 e. The number of carbonyl (C=O) groups excluding carboxylic acids is 1. The minimum Gasteiger partial charge on any atom is -0.357 e. The van der Waals surface area contributed by atoms with Crippen LogP contribution in [0.25, 0.3) is 0 Å². The minimum atomic E-state index is -0.508. The lowest BCUT2D eigenvalue weighted by molar-refractivity contribution is -0.121. The summed E-state index contributed by atoms with van der Waals surface area (Å²) in [5.74, 6) is -0.00844. The van der Waals surface area contributed by atoms with E-state index in [0.29, 0.717) is 0 Å². The van der Waals surface area contributed by atoms with Gasteiger partial charge in [0.1, 0.15) is 6.04 Å². The van der Waals surface area contributed by atoms with E-state index in [1.54, 1.807) is 30.9 Å². The van der Waals surface area contributed by atoms with E-state index >= 15 is 0 Å². The molecule has 0 saturated carbocycles. The Labute approximate surface area is 106 Å². The fraction of sp³-hybridized carbons (Fsp3) is 0.583. The number of rotatable bonds is 3. The van der Waals surface area contributed by atoms with E-state index in [4.69, 9.17) is 0 Å². The molecule has 100 valence electrons. The molecule has 1 rings (SSSR count). The molecule has 1 amide bonds. The van der Waals surface area contributed by atoms with Gasteiger partial charge < -0.3 is 15.2 Å². The molecule has 1 aromatic heterocycles. The largest absolute Gasteiger partial charge is 0.357 e. The highest BCUT2D eigenvalue weighted by atomic mass is 16.2. The SMILES string of the molecule is CNC(=O)C(C)Nc1nccn(C(C)(C)C)c1=O. The van der Waals surface area contributed by atoms with Crippen molar-refractivity contribution in [1.29, 1.82) is 0 Å². The molecular formula is C12H20N4O2. The lowest BCUT2D eigenvalue weighted by atomic mass is 10.1. The van der Waals surface area contributed by atoms with Gasteiger partial charge in [-0.3, -0.25) is 9.59 Å². The van der Waals surface area contributed by atoms with Crippen LogP contribution in [0.4, 0.5) is 5.82 Å². The Morgan fingerprint density at radius 3 is 2.56 bits per heavy atom. The van der Waals surface area contributed by atoms with Crippen LogP contribution in [0.5, 0.6) is 0 Å². The van der Waals surface area contributed by atoms with Crippen LogP contribution in [0, 0.1) is 0 Å². The van der Waals surface area contributed by atoms with E-state index in [2.05, 4.69) is 15.6 Å². The zero-order valence-corrected chi connectivity index (χ0v) is 11.4. The van der Waals surface area contributed by atoms with Gasteiger partial charge in [-0.15, -0.1) is 0 Å². The maximum absolute atomic E-state index is 12.2. The van der Waals surface area contributed by atoms with Gasteiger partial charge in [0.05, 0.1) is 0 Å². The van der Waals surface area contributed by atoms with E-state index < -0.39 is 6.04 Å². The molecule has 1 unspecified atom stereocenters. The number of nitrogens with one attached hydrogen (secondary N) is 2. The molecule has 6 nitrogen and oxygen atoms in total. The number of hydrogen-bond donors (Lipinski definition) is 2. The Morgan fingerprint density at radius 2 is 2.06 bits per heavy atom. The molecule has 1 aromatic rings. The van der Waals surface area contributed by atoms with Crippen LogP contribution >= 0.6 is 0 Å². The van der Waals surface area contributed by atoms with Crippen molar-refractivity contribution in [1.82, 2.24) is 14.9 Å². The van der Waals surface area contributed by atoms with Crippen LogP contribution < -0.4 is 16.2 Å². The van der Waals surface area contributed by atoms with Crippen molar-refractivity contribution in [2.24, 2.45) is 0 Å². The van der Waals surface area contributed by atoms with Crippen molar-refractivity contribution in [2.45, 2.75) is 39.3 Å². The first-order valence-corrected chi connectivity index (χ1v) is 5.83. The number of aromatic nitrogens is 2. The van der Waals surface area contributed by atoms with E-state index in [9.17, 15) is 9.59 Å². The number of hydrogen-bond acceptors (Lipinski definition) is 4. The van der Waals surface area contributed by atoms with Gasteiger partial charge in [-0.1, -0.05) is 0 Å². The highest BCUT2D eigenvalue weighted by Gasteiger charge is 2.18. The van der Waals surface area contributed by atoms with Crippen molar-refractivity contribution in [3.05, 3.63) is 22.7 Å². The first kappa shape index (κ1) is 14.2. The Morgan fingerprint density at radius 1 is 1.44 bits per heavy atom. The highest BCUT2D eigenvalue weighted by Crippen LogP contribution is 2.10. The van der Waals surface area contributed by atoms with E-state index in [0.717, 1.165) is 0 Å². The first-order chi connectivity index (χ1) is 8.27. The third-order valence-electron chi connectivity index (χ3n) is 2.56. The molecule has 2 N–H and O–H groups in total. The third-order valence-corrected chi connectivity index (χ3v) is 2.56. The molecule has 1 heterocycles. The number of likely N-dealkylation sites (N-methyl/N-ethyl adjacent to an activating group) is 1. The summed E-state index contributed by atoms with van der Waals surface area (Å²) in [6.07, 6.45) is 3.18. The van der Waals surface area contributed by atoms with Gasteiger partial charge in [-0.2, -0.15) is 0 Å². The number of amides is 1. The van der Waals surface area contributed by atoms with Crippen LogP contribution in [0.3, 0.4) is 0 Å². The van der Waals surface area contributed by atoms with Crippen molar-refractivity contribution >= 4 is 11.7 Å². The smallest absolute Gasteiger partial charge is 0.293 e. The number of nitrogens with zero attached hydrogens (tertiary/aromatic N) is 2. The van der Waals surface area contributed by atoms with Gasteiger partial charge in [0.2, 0.25) is 5.91 Å². The Bertz CT molecular complexity index is 488. The predicted molar refractivity (Wildman–Crippen MR) is 70.6 cm³/mol. The molecule has 1 atom stereocenters. The zero-order chi connectivity index (χ0) is 13.9. The third kappa shape index (κ3) is 3.09. The Kier molecular flexibility index (Phi) is 4.11. The van der Waals surface area contributed by atoms with Gasteiger partial charge in [0, 0.05) is 25.0 Å². The van der Waals surface area contributed by atoms with Gasteiger partial charge in [-0.25, -0.2) is 4.98 Å². The monoisotopic (exact) mass is 252 g/mol. The molecule has 18 heavy (non-hydrogen) atoms. The normalized spacial score (nSPS) is 12.9. The molecule has 0 aromatic carbocycles. The fourth-order valence-corrected chi connectivity index (χ4v) is 1.53. The molecule has 0 fully saturated rings. The molecule has 0 aliphatic heterocycles. The van der Waals surface area contributed by atoms with Crippen LogP contribution in [0.15, 0.2) is 17.2 Å². The van der Waals surface area contributed by atoms with Crippen molar-refractivity contribution in [3.8, 4) is 0 Å². The molecular weight excluding hydrogens is 232 g/mol. The first-order valence-electron chi connectivity index (χ1n) is 5.83. The maximum atomic E-state index is 12.2. The summed E-state index contributed by atoms with van der Waals surface area (Å²) in [7, 11) is 1.55. The van der Waals surface area contributed by atoms with E-state index in [1.165, 1.54) is 0 Å². The lowest BCUT2D eigenvalue weighted by Crippen LogP contribution is -2.40. The second-order valence-electron chi connectivity index (χ2n) is 5.10. The van der Waals surface area contributed by atoms with Crippen LogP contribution in [0.2, 0.25) is 0 Å². The van der Waals surface area contributed by atoms with E-state index in [-0.39, 0.29) is 22.8 Å². The second-order valence-corrected chi connectivity index (χ2v) is 5.10. The van der Waals surface area contributed by atoms with Crippen LogP contribution in [-0.4, -0.2) is 28.5 Å². The summed E-state index contributed by atoms with van der Waals surface area (Å²) in [6, 6.07) is -0.508. The molecule has 6 heteroatoms. The Balaban J connectivity index is 3.06. The second kappa shape index (κ2) is 5.20. The van der Waals surface area contributed by atoms with Gasteiger partial charge in [-0.05, 0) is 27.7 Å². The molecule has 0 radical (unpaired) electrons. The average molecular weight is 252 g/mol. The van der Waals surface area contributed by atoms with Crippen molar-refractivity contribution in [3.63, 3.8) is 0 Å². The number of carbonyl (C=O) groups is 1. The standard InChI is InChI=1S/C12H20N4O2/c1-8(10(17)13-5)15-9-11(18)16(7-6-14-9)12(2,3)4/h6-8H,1-5H3,(H,13,17)(H,14,15). The fourth-order valence-electron chi connectivity index (χ4n) is 1.53. The molecule has 0 bridgehead atoms. The summed E-state index contributed by atoms with van der Waals surface area (Å²) in [4.78, 5) is 27.6. The topological polar surface area (TPSA) is 76.0 Å².